The highest BCUT2D eigenvalue weighted by Crippen LogP contribution is 2.45. The van der Waals surface area contributed by atoms with E-state index in [1.54, 1.807) is 0 Å². The fourth-order valence-corrected chi connectivity index (χ4v) is 4.67. The molecule has 1 fully saturated rings. The van der Waals surface area contributed by atoms with Crippen molar-refractivity contribution in [3.8, 4) is 0 Å². The molecule has 20 heavy (non-hydrogen) atoms. The maximum Gasteiger partial charge on any atom is 0.0876 e. The zero-order chi connectivity index (χ0) is 14.0. The molecule has 2 aromatic rings. The molecule has 0 radical (unpaired) electrons. The lowest BCUT2D eigenvalue weighted by Gasteiger charge is -2.37. The minimum Gasteiger partial charge on any atom is -0.373 e. The fraction of sp³-hybridized carbons (Fsp3) is 0.529. The summed E-state index contributed by atoms with van der Waals surface area (Å²) < 4.78 is 7.67. The first kappa shape index (κ1) is 14.1. The van der Waals surface area contributed by atoms with Crippen molar-refractivity contribution in [3.63, 3.8) is 0 Å². The fourth-order valence-electron chi connectivity index (χ4n) is 3.72. The van der Waals surface area contributed by atoms with Crippen molar-refractivity contribution < 1.29 is 4.74 Å². The number of fused-ring (bicyclic) bond motifs is 1. The summed E-state index contributed by atoms with van der Waals surface area (Å²) in [5.74, 6) is 0. The molecule has 1 aliphatic rings. The Bertz CT molecular complexity index is 571. The number of ether oxygens (including phenoxy) is 1. The third-order valence-corrected chi connectivity index (χ3v) is 5.50. The van der Waals surface area contributed by atoms with Gasteiger partial charge >= 0.3 is 0 Å². The molecule has 0 amide bonds. The lowest BCUT2D eigenvalue weighted by molar-refractivity contribution is -0.0606. The second-order valence-electron chi connectivity index (χ2n) is 5.61. The summed E-state index contributed by atoms with van der Waals surface area (Å²) in [7, 11) is 2.07. The van der Waals surface area contributed by atoms with Crippen molar-refractivity contribution in [2.24, 2.45) is 0 Å². The van der Waals surface area contributed by atoms with Crippen molar-refractivity contribution in [2.45, 2.75) is 44.2 Å². The van der Waals surface area contributed by atoms with Crippen LogP contribution in [0.2, 0.25) is 0 Å². The van der Waals surface area contributed by atoms with Crippen LogP contribution in [0, 0.1) is 0 Å². The Hall–Kier alpha value is -0.900. The second-order valence-corrected chi connectivity index (χ2v) is 6.53. The van der Waals surface area contributed by atoms with Gasteiger partial charge in [0.05, 0.1) is 11.6 Å². The monoisotopic (exact) mass is 289 g/mol. The number of hydrogen-bond donors (Lipinski definition) is 1. The van der Waals surface area contributed by atoms with Crippen LogP contribution in [0.4, 0.5) is 0 Å². The first-order valence-electron chi connectivity index (χ1n) is 7.58. The molecule has 3 heteroatoms. The van der Waals surface area contributed by atoms with Gasteiger partial charge in [-0.25, -0.2) is 0 Å². The summed E-state index contributed by atoms with van der Waals surface area (Å²) in [6.45, 7) is 2.90. The molecule has 0 saturated heterocycles. The van der Waals surface area contributed by atoms with Gasteiger partial charge in [0.25, 0.3) is 0 Å². The normalized spacial score (nSPS) is 19.5. The summed E-state index contributed by atoms with van der Waals surface area (Å²) in [6.07, 6.45) is 4.87. The van der Waals surface area contributed by atoms with Crippen LogP contribution in [0.1, 0.15) is 44.2 Å². The molecule has 108 valence electrons. The number of benzene rings is 1. The van der Waals surface area contributed by atoms with Crippen LogP contribution in [0.15, 0.2) is 29.6 Å². The molecule has 1 unspecified atom stereocenters. The van der Waals surface area contributed by atoms with E-state index in [9.17, 15) is 0 Å². The van der Waals surface area contributed by atoms with Gasteiger partial charge in [0.2, 0.25) is 0 Å². The Morgan fingerprint density at radius 3 is 2.80 bits per heavy atom. The predicted octanol–water partition coefficient (Wildman–Crippen LogP) is 4.51. The van der Waals surface area contributed by atoms with E-state index in [2.05, 4.69) is 48.9 Å². The molecule has 0 spiro atoms. The van der Waals surface area contributed by atoms with E-state index >= 15 is 0 Å². The zero-order valence-electron chi connectivity index (χ0n) is 12.3. The van der Waals surface area contributed by atoms with E-state index in [4.69, 9.17) is 4.74 Å². The van der Waals surface area contributed by atoms with Crippen molar-refractivity contribution in [1.82, 2.24) is 5.32 Å². The average Bonchev–Trinajstić information content (AvgIpc) is 3.10. The second kappa shape index (κ2) is 5.84. The van der Waals surface area contributed by atoms with E-state index in [0.29, 0.717) is 0 Å². The summed E-state index contributed by atoms with van der Waals surface area (Å²) in [4.78, 5) is 0. The number of likely N-dealkylation sites (N-methyl/N-ethyl adjacent to an activating group) is 1. The number of thiophene rings is 1. The van der Waals surface area contributed by atoms with E-state index in [1.165, 1.54) is 28.5 Å². The summed E-state index contributed by atoms with van der Waals surface area (Å²) in [6, 6.07) is 9.12. The zero-order valence-corrected chi connectivity index (χ0v) is 13.1. The van der Waals surface area contributed by atoms with Gasteiger partial charge in [-0.15, -0.1) is 11.3 Å². The van der Waals surface area contributed by atoms with Crippen molar-refractivity contribution >= 4 is 21.4 Å². The lowest BCUT2D eigenvalue weighted by atomic mass is 9.86. The Morgan fingerprint density at radius 2 is 2.10 bits per heavy atom. The van der Waals surface area contributed by atoms with Gasteiger partial charge < -0.3 is 10.1 Å². The molecule has 1 heterocycles. The summed E-state index contributed by atoms with van der Waals surface area (Å²) in [5.41, 5.74) is 1.37. The number of nitrogens with one attached hydrogen (secondary N) is 1. The maximum absolute atomic E-state index is 6.27. The van der Waals surface area contributed by atoms with E-state index < -0.39 is 0 Å². The van der Waals surface area contributed by atoms with E-state index in [0.717, 1.165) is 19.4 Å². The quantitative estimate of drug-likeness (QED) is 0.874. The third kappa shape index (κ3) is 2.28. The van der Waals surface area contributed by atoms with Gasteiger partial charge in [0.1, 0.15) is 0 Å². The predicted molar refractivity (Wildman–Crippen MR) is 86.5 cm³/mol. The van der Waals surface area contributed by atoms with Crippen LogP contribution in [0.3, 0.4) is 0 Å². The standard InChI is InChI=1S/C17H23NOS/c1-3-19-17(10-4-5-11-17)16(18-2)14-8-6-7-13-9-12-20-15(13)14/h6-9,12,16,18H,3-5,10-11H2,1-2H3. The van der Waals surface area contributed by atoms with Gasteiger partial charge in [0.15, 0.2) is 0 Å². The molecule has 1 aliphatic carbocycles. The van der Waals surface area contributed by atoms with E-state index in [1.807, 2.05) is 11.3 Å². The van der Waals surface area contributed by atoms with Crippen molar-refractivity contribution in [1.29, 1.82) is 0 Å². The molecule has 2 nitrogen and oxygen atoms in total. The molecule has 3 rings (SSSR count). The van der Waals surface area contributed by atoms with Crippen LogP contribution in [0.25, 0.3) is 10.1 Å². The van der Waals surface area contributed by atoms with Crippen LogP contribution < -0.4 is 5.32 Å². The van der Waals surface area contributed by atoms with Gasteiger partial charge in [-0.3, -0.25) is 0 Å². The third-order valence-electron chi connectivity index (χ3n) is 4.52. The Labute approximate surface area is 125 Å². The smallest absolute Gasteiger partial charge is 0.0876 e. The molecule has 1 atom stereocenters. The molecule has 0 aliphatic heterocycles. The van der Waals surface area contributed by atoms with E-state index in [-0.39, 0.29) is 11.6 Å². The topological polar surface area (TPSA) is 21.3 Å². The largest absolute Gasteiger partial charge is 0.373 e. The van der Waals surface area contributed by atoms with Gasteiger partial charge in [-0.1, -0.05) is 31.0 Å². The van der Waals surface area contributed by atoms with Crippen LogP contribution >= 0.6 is 11.3 Å². The Kier molecular flexibility index (Phi) is 4.11. The minimum absolute atomic E-state index is 0.0260. The van der Waals surface area contributed by atoms with Crippen LogP contribution in [-0.4, -0.2) is 19.3 Å². The van der Waals surface area contributed by atoms with Crippen molar-refractivity contribution in [2.75, 3.05) is 13.7 Å². The Morgan fingerprint density at radius 1 is 1.30 bits per heavy atom. The number of rotatable bonds is 5. The Balaban J connectivity index is 2.06. The summed E-state index contributed by atoms with van der Waals surface area (Å²) >= 11 is 1.84. The van der Waals surface area contributed by atoms with Gasteiger partial charge in [-0.05, 0) is 49.2 Å². The molecule has 0 bridgehead atoms. The SMILES string of the molecule is CCOC1(C(NC)c2cccc3ccsc23)CCCC1. The maximum atomic E-state index is 6.27. The molecule has 1 aromatic heterocycles. The lowest BCUT2D eigenvalue weighted by Crippen LogP contribution is -2.43. The van der Waals surface area contributed by atoms with Gasteiger partial charge in [-0.2, -0.15) is 0 Å². The highest BCUT2D eigenvalue weighted by Gasteiger charge is 2.42. The molecular weight excluding hydrogens is 266 g/mol. The van der Waals surface area contributed by atoms with Crippen molar-refractivity contribution in [3.05, 3.63) is 35.2 Å². The van der Waals surface area contributed by atoms with Gasteiger partial charge in [0, 0.05) is 11.3 Å². The number of hydrogen-bond acceptors (Lipinski definition) is 3. The molecule has 1 saturated carbocycles. The highest BCUT2D eigenvalue weighted by molar-refractivity contribution is 7.17. The molecule has 1 N–H and O–H groups in total. The first-order chi connectivity index (χ1) is 9.80. The minimum atomic E-state index is -0.0260. The van der Waals surface area contributed by atoms with Crippen LogP contribution in [-0.2, 0) is 4.74 Å². The summed E-state index contributed by atoms with van der Waals surface area (Å²) in [5, 5.41) is 7.08. The molecule has 1 aromatic carbocycles. The average molecular weight is 289 g/mol. The highest BCUT2D eigenvalue weighted by atomic mass is 32.1. The van der Waals surface area contributed by atoms with Crippen LogP contribution in [0.5, 0.6) is 0 Å². The molecular formula is C17H23NOS. The first-order valence-corrected chi connectivity index (χ1v) is 8.46.